The van der Waals surface area contributed by atoms with Crippen molar-refractivity contribution >= 4 is 41.7 Å². The van der Waals surface area contributed by atoms with Gasteiger partial charge in [-0.2, -0.15) is 0 Å². The molecule has 2 atom stereocenters. The van der Waals surface area contributed by atoms with Crippen molar-refractivity contribution in [1.82, 2.24) is 19.8 Å². The molecular weight excluding hydrogens is 469 g/mol. The van der Waals surface area contributed by atoms with Gasteiger partial charge in [0.15, 0.2) is 5.96 Å². The molecule has 1 aromatic carbocycles. The molecule has 0 bridgehead atoms. The molecule has 0 amide bonds. The summed E-state index contributed by atoms with van der Waals surface area (Å²) in [5.41, 5.74) is 0. The van der Waals surface area contributed by atoms with Crippen LogP contribution in [-0.4, -0.2) is 52.3 Å². The van der Waals surface area contributed by atoms with Gasteiger partial charge in [0.25, 0.3) is 0 Å². The maximum absolute atomic E-state index is 4.88. The Labute approximate surface area is 184 Å². The summed E-state index contributed by atoms with van der Waals surface area (Å²) in [7, 11) is 0. The number of imidazole rings is 1. The van der Waals surface area contributed by atoms with Crippen LogP contribution < -0.4 is 5.32 Å². The fourth-order valence-corrected chi connectivity index (χ4v) is 4.12. The van der Waals surface area contributed by atoms with E-state index in [0.29, 0.717) is 12.0 Å². The number of benzene rings is 1. The van der Waals surface area contributed by atoms with Gasteiger partial charge in [-0.1, -0.05) is 25.1 Å². The highest BCUT2D eigenvalue weighted by Crippen LogP contribution is 2.27. The third-order valence-corrected chi connectivity index (χ3v) is 5.82. The summed E-state index contributed by atoms with van der Waals surface area (Å²) in [6.45, 7) is 8.23. The molecule has 27 heavy (non-hydrogen) atoms. The van der Waals surface area contributed by atoms with Gasteiger partial charge in [0, 0.05) is 42.7 Å². The minimum atomic E-state index is 0. The van der Waals surface area contributed by atoms with Crippen LogP contribution in [0.25, 0.3) is 0 Å². The number of nitrogens with zero attached hydrogens (tertiary/aromatic N) is 4. The summed E-state index contributed by atoms with van der Waals surface area (Å²) in [6, 6.07) is 11.0. The van der Waals surface area contributed by atoms with Gasteiger partial charge in [-0.3, -0.25) is 4.99 Å². The van der Waals surface area contributed by atoms with E-state index in [1.54, 1.807) is 0 Å². The zero-order chi connectivity index (χ0) is 18.2. The Bertz CT molecular complexity index is 677. The Morgan fingerprint density at radius 3 is 2.85 bits per heavy atom. The summed E-state index contributed by atoms with van der Waals surface area (Å²) >= 11 is 1.86. The number of hydrogen-bond acceptors (Lipinski definition) is 3. The molecule has 3 rings (SSSR count). The van der Waals surface area contributed by atoms with Gasteiger partial charge in [-0.05, 0) is 31.4 Å². The molecule has 1 aliphatic heterocycles. The Morgan fingerprint density at radius 1 is 1.33 bits per heavy atom. The molecule has 1 saturated heterocycles. The van der Waals surface area contributed by atoms with Crippen molar-refractivity contribution in [2.45, 2.75) is 31.2 Å². The van der Waals surface area contributed by atoms with E-state index in [2.05, 4.69) is 70.1 Å². The molecular formula is C20H30IN5S. The van der Waals surface area contributed by atoms with Crippen LogP contribution in [0.1, 0.15) is 26.3 Å². The molecule has 1 N–H and O–H groups in total. The Hall–Kier alpha value is -1.22. The minimum Gasteiger partial charge on any atom is -0.357 e. The first-order chi connectivity index (χ1) is 12.8. The molecule has 5 nitrogen and oxygen atoms in total. The van der Waals surface area contributed by atoms with E-state index in [-0.39, 0.29) is 24.0 Å². The number of hydrogen-bond donors (Lipinski definition) is 1. The van der Waals surface area contributed by atoms with E-state index in [0.717, 1.165) is 37.9 Å². The lowest BCUT2D eigenvalue weighted by Crippen LogP contribution is -2.49. The molecule has 0 spiro atoms. The van der Waals surface area contributed by atoms with Crippen LogP contribution in [0.4, 0.5) is 0 Å². The highest BCUT2D eigenvalue weighted by atomic mass is 127. The average Bonchev–Trinajstić information content (AvgIpc) is 3.20. The van der Waals surface area contributed by atoms with Crippen molar-refractivity contribution in [3.8, 4) is 0 Å². The molecule has 0 aliphatic carbocycles. The number of guanidine groups is 1. The second kappa shape index (κ2) is 11.6. The zero-order valence-electron chi connectivity index (χ0n) is 16.1. The number of rotatable bonds is 6. The van der Waals surface area contributed by atoms with Gasteiger partial charge < -0.3 is 14.8 Å². The molecule has 0 saturated carbocycles. The van der Waals surface area contributed by atoms with Crippen LogP contribution in [0.3, 0.4) is 0 Å². The van der Waals surface area contributed by atoms with Crippen molar-refractivity contribution in [1.29, 1.82) is 0 Å². The fourth-order valence-electron chi connectivity index (χ4n) is 3.35. The number of aromatic nitrogens is 2. The normalized spacial score (nSPS) is 20.2. The highest BCUT2D eigenvalue weighted by Gasteiger charge is 2.28. The van der Waals surface area contributed by atoms with Gasteiger partial charge in [0.1, 0.15) is 0 Å². The monoisotopic (exact) mass is 499 g/mol. The number of halogens is 1. The highest BCUT2D eigenvalue weighted by molar-refractivity contribution is 14.0. The van der Waals surface area contributed by atoms with Crippen molar-refractivity contribution in [2.24, 2.45) is 10.9 Å². The standard InChI is InChI=1S/C20H29N5S.HI/c1-3-22-20(23-11-14-26-18-7-5-4-6-8-18)24-12-9-17(2)19(15-24)25-13-10-21-16-25;/h4-8,10,13,16-17,19H,3,9,11-12,14-15H2,1-2H3,(H,22,23);1H. The van der Waals surface area contributed by atoms with Gasteiger partial charge in [-0.15, -0.1) is 35.7 Å². The van der Waals surface area contributed by atoms with Crippen molar-refractivity contribution in [3.05, 3.63) is 49.1 Å². The van der Waals surface area contributed by atoms with E-state index in [4.69, 9.17) is 4.99 Å². The molecule has 148 valence electrons. The summed E-state index contributed by atoms with van der Waals surface area (Å²) in [5.74, 6) is 2.68. The summed E-state index contributed by atoms with van der Waals surface area (Å²) in [6.07, 6.45) is 7.05. The number of aliphatic imine (C=N–C) groups is 1. The van der Waals surface area contributed by atoms with Gasteiger partial charge in [0.2, 0.25) is 0 Å². The topological polar surface area (TPSA) is 45.5 Å². The molecule has 0 radical (unpaired) electrons. The van der Waals surface area contributed by atoms with Crippen LogP contribution in [0.15, 0.2) is 58.9 Å². The summed E-state index contributed by atoms with van der Waals surface area (Å²) in [5, 5.41) is 3.47. The predicted octanol–water partition coefficient (Wildman–Crippen LogP) is 4.14. The third-order valence-electron chi connectivity index (χ3n) is 4.83. The lowest BCUT2D eigenvalue weighted by atomic mass is 9.93. The van der Waals surface area contributed by atoms with Crippen LogP contribution in [0.5, 0.6) is 0 Å². The van der Waals surface area contributed by atoms with Gasteiger partial charge >= 0.3 is 0 Å². The van der Waals surface area contributed by atoms with Crippen molar-refractivity contribution in [2.75, 3.05) is 31.9 Å². The number of likely N-dealkylation sites (tertiary alicyclic amines) is 1. The predicted molar refractivity (Wildman–Crippen MR) is 125 cm³/mol. The van der Waals surface area contributed by atoms with Crippen LogP contribution in [-0.2, 0) is 0 Å². The van der Waals surface area contributed by atoms with Crippen molar-refractivity contribution < 1.29 is 0 Å². The molecule has 7 heteroatoms. The zero-order valence-corrected chi connectivity index (χ0v) is 19.3. The number of piperidine rings is 1. The largest absolute Gasteiger partial charge is 0.357 e. The minimum absolute atomic E-state index is 0. The first kappa shape index (κ1) is 22.1. The Morgan fingerprint density at radius 2 is 2.15 bits per heavy atom. The van der Waals surface area contributed by atoms with E-state index < -0.39 is 0 Å². The SMILES string of the molecule is CCNC(=NCCSc1ccccc1)N1CCC(C)C(n2ccnc2)C1.I. The maximum Gasteiger partial charge on any atom is 0.194 e. The lowest BCUT2D eigenvalue weighted by molar-refractivity contribution is 0.189. The quantitative estimate of drug-likeness (QED) is 0.213. The first-order valence-electron chi connectivity index (χ1n) is 9.46. The first-order valence-corrected chi connectivity index (χ1v) is 10.4. The number of thioether (sulfide) groups is 1. The van der Waals surface area contributed by atoms with Gasteiger partial charge in [-0.25, -0.2) is 4.98 Å². The average molecular weight is 499 g/mol. The Kier molecular flexibility index (Phi) is 9.47. The summed E-state index contributed by atoms with van der Waals surface area (Å²) < 4.78 is 2.24. The molecule has 2 unspecified atom stereocenters. The Balaban J connectivity index is 0.00000261. The molecule has 2 aromatic rings. The molecule has 1 aromatic heterocycles. The molecule has 2 heterocycles. The number of nitrogens with one attached hydrogen (secondary N) is 1. The molecule has 1 fully saturated rings. The van der Waals surface area contributed by atoms with E-state index >= 15 is 0 Å². The van der Waals surface area contributed by atoms with E-state index in [1.165, 1.54) is 11.3 Å². The summed E-state index contributed by atoms with van der Waals surface area (Å²) in [4.78, 5) is 12.8. The second-order valence-corrected chi connectivity index (χ2v) is 7.85. The third kappa shape index (κ3) is 6.41. The van der Waals surface area contributed by atoms with Crippen LogP contribution in [0.2, 0.25) is 0 Å². The lowest BCUT2D eigenvalue weighted by Gasteiger charge is -2.39. The molecule has 1 aliphatic rings. The second-order valence-electron chi connectivity index (χ2n) is 6.69. The van der Waals surface area contributed by atoms with E-state index in [9.17, 15) is 0 Å². The van der Waals surface area contributed by atoms with Gasteiger partial charge in [0.05, 0.1) is 18.9 Å². The van der Waals surface area contributed by atoms with Crippen LogP contribution in [0, 0.1) is 5.92 Å². The fraction of sp³-hybridized carbons (Fsp3) is 0.500. The van der Waals surface area contributed by atoms with Crippen molar-refractivity contribution in [3.63, 3.8) is 0 Å². The smallest absolute Gasteiger partial charge is 0.194 e. The van der Waals surface area contributed by atoms with Crippen LogP contribution >= 0.6 is 35.7 Å². The maximum atomic E-state index is 4.88. The van der Waals surface area contributed by atoms with E-state index in [1.807, 2.05) is 24.3 Å².